The van der Waals surface area contributed by atoms with Crippen LogP contribution in [-0.4, -0.2) is 47.3 Å². The van der Waals surface area contributed by atoms with E-state index in [4.69, 9.17) is 0 Å². The molecule has 1 aromatic heterocycles. The predicted octanol–water partition coefficient (Wildman–Crippen LogP) is 2.46. The van der Waals surface area contributed by atoms with Crippen molar-refractivity contribution in [3.63, 3.8) is 0 Å². The first-order valence-electron chi connectivity index (χ1n) is 8.61. The van der Waals surface area contributed by atoms with Gasteiger partial charge in [0, 0.05) is 31.9 Å². The van der Waals surface area contributed by atoms with E-state index in [0.717, 1.165) is 43.9 Å². The van der Waals surface area contributed by atoms with Crippen LogP contribution in [0.5, 0.6) is 0 Å². The van der Waals surface area contributed by atoms with Gasteiger partial charge >= 0.3 is 6.03 Å². The minimum Gasteiger partial charge on any atom is -0.352 e. The van der Waals surface area contributed by atoms with Crippen molar-refractivity contribution < 1.29 is 9.18 Å². The van der Waals surface area contributed by atoms with Gasteiger partial charge in [-0.15, -0.1) is 5.10 Å². The number of piperazine rings is 1. The molecule has 1 aliphatic carbocycles. The molecule has 4 rings (SSSR count). The van der Waals surface area contributed by atoms with E-state index in [1.165, 1.54) is 17.7 Å². The Bertz CT molecular complexity index is 772. The van der Waals surface area contributed by atoms with Crippen LogP contribution < -0.4 is 10.2 Å². The number of carbonyl (C=O) groups is 1. The molecule has 0 atom stereocenters. The molecule has 0 spiro atoms. The van der Waals surface area contributed by atoms with Gasteiger partial charge < -0.3 is 15.1 Å². The number of anilines is 2. The molecule has 1 saturated heterocycles. The van der Waals surface area contributed by atoms with Gasteiger partial charge in [0.15, 0.2) is 5.82 Å². The van der Waals surface area contributed by atoms with Crippen molar-refractivity contribution in [3.8, 4) is 0 Å². The highest BCUT2D eigenvalue weighted by Gasteiger charge is 2.23. The predicted molar refractivity (Wildman–Crippen MR) is 93.3 cm³/mol. The Morgan fingerprint density at radius 3 is 2.56 bits per heavy atom. The van der Waals surface area contributed by atoms with E-state index in [2.05, 4.69) is 26.5 Å². The van der Waals surface area contributed by atoms with Crippen LogP contribution in [-0.2, 0) is 12.8 Å². The number of carbonyl (C=O) groups excluding carboxylic acids is 1. The van der Waals surface area contributed by atoms with Gasteiger partial charge in [0.05, 0.1) is 5.69 Å². The van der Waals surface area contributed by atoms with Crippen molar-refractivity contribution in [1.29, 1.82) is 0 Å². The molecule has 0 bridgehead atoms. The van der Waals surface area contributed by atoms with Crippen LogP contribution >= 0.6 is 0 Å². The molecule has 6 nitrogen and oxygen atoms in total. The summed E-state index contributed by atoms with van der Waals surface area (Å²) in [6, 6.07) is 7.77. The van der Waals surface area contributed by atoms with Crippen LogP contribution in [0.1, 0.15) is 17.7 Å². The molecule has 1 aliphatic heterocycles. The minimum absolute atomic E-state index is 0.161. The second kappa shape index (κ2) is 6.66. The fourth-order valence-corrected chi connectivity index (χ4v) is 3.35. The first kappa shape index (κ1) is 15.8. The number of aryl methyl sites for hydroxylation is 2. The third kappa shape index (κ3) is 3.40. The van der Waals surface area contributed by atoms with Crippen LogP contribution in [0, 0.1) is 5.82 Å². The lowest BCUT2D eigenvalue weighted by atomic mass is 10.2. The highest BCUT2D eigenvalue weighted by atomic mass is 19.1. The van der Waals surface area contributed by atoms with E-state index in [0.29, 0.717) is 18.8 Å². The maximum atomic E-state index is 12.9. The molecule has 2 aromatic rings. The maximum Gasteiger partial charge on any atom is 0.321 e. The third-order valence-corrected chi connectivity index (χ3v) is 4.79. The second-order valence-electron chi connectivity index (χ2n) is 6.44. The highest BCUT2D eigenvalue weighted by Crippen LogP contribution is 2.23. The summed E-state index contributed by atoms with van der Waals surface area (Å²) in [6.07, 6.45) is 3.27. The third-order valence-electron chi connectivity index (χ3n) is 4.79. The average Bonchev–Trinajstić information content (AvgIpc) is 3.11. The zero-order chi connectivity index (χ0) is 17.2. The quantitative estimate of drug-likeness (QED) is 0.911. The molecule has 2 aliphatic rings. The maximum absolute atomic E-state index is 12.9. The van der Waals surface area contributed by atoms with Crippen molar-refractivity contribution in [3.05, 3.63) is 47.4 Å². The second-order valence-corrected chi connectivity index (χ2v) is 6.44. The number of rotatable bonds is 2. The number of halogens is 1. The Morgan fingerprint density at radius 1 is 1.04 bits per heavy atom. The number of nitrogens with zero attached hydrogens (tertiary/aromatic N) is 4. The van der Waals surface area contributed by atoms with Crippen LogP contribution in [0.15, 0.2) is 30.3 Å². The number of nitrogens with one attached hydrogen (secondary N) is 1. The van der Waals surface area contributed by atoms with E-state index in [1.807, 2.05) is 0 Å². The molecular weight excluding hydrogens is 321 g/mol. The van der Waals surface area contributed by atoms with E-state index in [-0.39, 0.29) is 11.8 Å². The zero-order valence-corrected chi connectivity index (χ0v) is 13.9. The normalized spacial score (nSPS) is 16.7. The molecular formula is C18H20FN5O. The van der Waals surface area contributed by atoms with Crippen LogP contribution in [0.3, 0.4) is 0 Å². The Labute approximate surface area is 145 Å². The van der Waals surface area contributed by atoms with Gasteiger partial charge in [0.2, 0.25) is 0 Å². The molecule has 7 heteroatoms. The first-order chi connectivity index (χ1) is 12.2. The minimum atomic E-state index is -0.318. The lowest BCUT2D eigenvalue weighted by Gasteiger charge is -2.35. The number of hydrogen-bond acceptors (Lipinski definition) is 4. The van der Waals surface area contributed by atoms with Crippen LogP contribution in [0.4, 0.5) is 20.7 Å². The molecule has 25 heavy (non-hydrogen) atoms. The summed E-state index contributed by atoms with van der Waals surface area (Å²) in [5.41, 5.74) is 3.03. The van der Waals surface area contributed by atoms with Crippen molar-refractivity contribution >= 4 is 17.5 Å². The summed E-state index contributed by atoms with van der Waals surface area (Å²) >= 11 is 0. The van der Waals surface area contributed by atoms with Crippen molar-refractivity contribution in [2.45, 2.75) is 19.3 Å². The van der Waals surface area contributed by atoms with Gasteiger partial charge in [0.1, 0.15) is 5.82 Å². The number of urea groups is 1. The molecule has 1 aromatic carbocycles. The molecule has 1 N–H and O–H groups in total. The number of fused-ring (bicyclic) bond motifs is 1. The standard InChI is InChI=1S/C18H20FN5O/c19-14-4-6-15(7-5-14)20-18(25)24-10-8-23(9-11-24)17-12-13-2-1-3-16(13)21-22-17/h4-7,12H,1-3,8-11H2,(H,20,25). The summed E-state index contributed by atoms with van der Waals surface area (Å²) in [6.45, 7) is 2.69. The molecule has 130 valence electrons. The number of aromatic nitrogens is 2. The van der Waals surface area contributed by atoms with Crippen LogP contribution in [0.25, 0.3) is 0 Å². The van der Waals surface area contributed by atoms with E-state index >= 15 is 0 Å². The Balaban J connectivity index is 1.34. The van der Waals surface area contributed by atoms with Crippen molar-refractivity contribution in [1.82, 2.24) is 15.1 Å². The van der Waals surface area contributed by atoms with Gasteiger partial charge in [0.25, 0.3) is 0 Å². The van der Waals surface area contributed by atoms with Crippen molar-refractivity contribution in [2.75, 3.05) is 36.4 Å². The summed E-state index contributed by atoms with van der Waals surface area (Å²) in [5.74, 6) is 0.585. The van der Waals surface area contributed by atoms with Gasteiger partial charge in [-0.2, -0.15) is 5.10 Å². The summed E-state index contributed by atoms with van der Waals surface area (Å²) < 4.78 is 12.9. The topological polar surface area (TPSA) is 61.4 Å². The van der Waals surface area contributed by atoms with Crippen molar-refractivity contribution in [2.24, 2.45) is 0 Å². The number of hydrogen-bond donors (Lipinski definition) is 1. The Hall–Kier alpha value is -2.70. The SMILES string of the molecule is O=C(Nc1ccc(F)cc1)N1CCN(c2cc3c(nn2)CCC3)CC1. The Kier molecular flexibility index (Phi) is 4.21. The van der Waals surface area contributed by atoms with Gasteiger partial charge in [-0.3, -0.25) is 0 Å². The summed E-state index contributed by atoms with van der Waals surface area (Å²) in [7, 11) is 0. The number of amides is 2. The smallest absolute Gasteiger partial charge is 0.321 e. The molecule has 2 amide bonds. The fourth-order valence-electron chi connectivity index (χ4n) is 3.35. The fraction of sp³-hybridized carbons (Fsp3) is 0.389. The lowest BCUT2D eigenvalue weighted by Crippen LogP contribution is -2.50. The van der Waals surface area contributed by atoms with Gasteiger partial charge in [-0.1, -0.05) is 0 Å². The zero-order valence-electron chi connectivity index (χ0n) is 13.9. The molecule has 1 fully saturated rings. The van der Waals surface area contributed by atoms with E-state index < -0.39 is 0 Å². The lowest BCUT2D eigenvalue weighted by molar-refractivity contribution is 0.208. The summed E-state index contributed by atoms with van der Waals surface area (Å²) in [4.78, 5) is 16.3. The summed E-state index contributed by atoms with van der Waals surface area (Å²) in [5, 5.41) is 11.5. The largest absolute Gasteiger partial charge is 0.352 e. The van der Waals surface area contributed by atoms with Crippen LogP contribution in [0.2, 0.25) is 0 Å². The first-order valence-corrected chi connectivity index (χ1v) is 8.61. The monoisotopic (exact) mass is 341 g/mol. The molecule has 0 unspecified atom stereocenters. The van der Waals surface area contributed by atoms with E-state index in [9.17, 15) is 9.18 Å². The molecule has 0 radical (unpaired) electrons. The van der Waals surface area contributed by atoms with Gasteiger partial charge in [-0.25, -0.2) is 9.18 Å². The molecule has 2 heterocycles. The van der Waals surface area contributed by atoms with E-state index in [1.54, 1.807) is 17.0 Å². The number of benzene rings is 1. The Morgan fingerprint density at radius 2 is 1.80 bits per heavy atom. The molecule has 0 saturated carbocycles. The average molecular weight is 341 g/mol. The highest BCUT2D eigenvalue weighted by molar-refractivity contribution is 5.89. The van der Waals surface area contributed by atoms with Gasteiger partial charge in [-0.05, 0) is 55.2 Å².